The van der Waals surface area contributed by atoms with Crippen LogP contribution in [0.15, 0.2) is 4.99 Å². The number of guanidine groups is 1. The molecule has 5 nitrogen and oxygen atoms in total. The Balaban J connectivity index is 2.57. The minimum absolute atomic E-state index is 0.129. The van der Waals surface area contributed by atoms with Gasteiger partial charge < -0.3 is 9.64 Å². The van der Waals surface area contributed by atoms with Crippen LogP contribution in [0.3, 0.4) is 0 Å². The SMILES string of the molecule is CCCN(CC1CC1)C(=NC(C)COC)NN. The van der Waals surface area contributed by atoms with E-state index in [0.717, 1.165) is 31.4 Å². The fourth-order valence-corrected chi connectivity index (χ4v) is 1.86. The van der Waals surface area contributed by atoms with Crippen molar-refractivity contribution in [3.05, 3.63) is 0 Å². The molecule has 0 amide bonds. The van der Waals surface area contributed by atoms with Crippen LogP contribution in [0.4, 0.5) is 0 Å². The number of nitrogens with zero attached hydrogens (tertiary/aromatic N) is 2. The summed E-state index contributed by atoms with van der Waals surface area (Å²) < 4.78 is 5.09. The third-order valence-corrected chi connectivity index (χ3v) is 2.85. The molecular weight excluding hydrogens is 216 g/mol. The topological polar surface area (TPSA) is 62.9 Å². The first kappa shape index (κ1) is 14.3. The van der Waals surface area contributed by atoms with E-state index in [9.17, 15) is 0 Å². The van der Waals surface area contributed by atoms with Crippen molar-refractivity contribution in [1.82, 2.24) is 10.3 Å². The number of rotatable bonds is 7. The summed E-state index contributed by atoms with van der Waals surface area (Å²) in [6.07, 6.45) is 3.78. The van der Waals surface area contributed by atoms with Gasteiger partial charge in [0, 0.05) is 20.2 Å². The second-order valence-corrected chi connectivity index (χ2v) is 4.79. The van der Waals surface area contributed by atoms with Crippen LogP contribution < -0.4 is 11.3 Å². The molecule has 1 saturated carbocycles. The van der Waals surface area contributed by atoms with Crippen LogP contribution in [0, 0.1) is 5.92 Å². The highest BCUT2D eigenvalue weighted by molar-refractivity contribution is 5.79. The van der Waals surface area contributed by atoms with Crippen LogP contribution in [-0.2, 0) is 4.74 Å². The van der Waals surface area contributed by atoms with Gasteiger partial charge >= 0.3 is 0 Å². The lowest BCUT2D eigenvalue weighted by Gasteiger charge is -2.26. The predicted octanol–water partition coefficient (Wildman–Crippen LogP) is 0.963. The van der Waals surface area contributed by atoms with Gasteiger partial charge in [0.05, 0.1) is 12.6 Å². The van der Waals surface area contributed by atoms with Crippen LogP contribution in [-0.4, -0.2) is 43.7 Å². The lowest BCUT2D eigenvalue weighted by molar-refractivity contribution is 0.185. The quantitative estimate of drug-likeness (QED) is 0.302. The van der Waals surface area contributed by atoms with E-state index in [0.29, 0.717) is 6.61 Å². The zero-order valence-corrected chi connectivity index (χ0v) is 11.3. The van der Waals surface area contributed by atoms with Gasteiger partial charge in [-0.25, -0.2) is 10.8 Å². The highest BCUT2D eigenvalue weighted by atomic mass is 16.5. The summed E-state index contributed by atoms with van der Waals surface area (Å²) in [6.45, 7) is 6.89. The number of methoxy groups -OCH3 is 1. The number of aliphatic imine (C=N–C) groups is 1. The molecule has 100 valence electrons. The Hall–Kier alpha value is -0.810. The van der Waals surface area contributed by atoms with Crippen molar-refractivity contribution in [2.75, 3.05) is 26.8 Å². The van der Waals surface area contributed by atoms with Crippen LogP contribution in [0.25, 0.3) is 0 Å². The van der Waals surface area contributed by atoms with Crippen molar-refractivity contribution in [1.29, 1.82) is 0 Å². The molecule has 1 aliphatic rings. The summed E-state index contributed by atoms with van der Waals surface area (Å²) >= 11 is 0. The Bertz CT molecular complexity index is 241. The van der Waals surface area contributed by atoms with Crippen molar-refractivity contribution in [3.63, 3.8) is 0 Å². The smallest absolute Gasteiger partial charge is 0.208 e. The number of nitrogens with one attached hydrogen (secondary N) is 1. The van der Waals surface area contributed by atoms with E-state index in [1.165, 1.54) is 12.8 Å². The van der Waals surface area contributed by atoms with Gasteiger partial charge in [0.1, 0.15) is 0 Å². The van der Waals surface area contributed by atoms with Crippen molar-refractivity contribution in [2.24, 2.45) is 16.8 Å². The maximum atomic E-state index is 5.58. The largest absolute Gasteiger partial charge is 0.382 e. The third-order valence-electron chi connectivity index (χ3n) is 2.85. The van der Waals surface area contributed by atoms with E-state index in [4.69, 9.17) is 10.6 Å². The van der Waals surface area contributed by atoms with E-state index in [1.807, 2.05) is 6.92 Å². The molecule has 0 bridgehead atoms. The molecule has 1 aliphatic carbocycles. The lowest BCUT2D eigenvalue weighted by atomic mass is 10.3. The van der Waals surface area contributed by atoms with Crippen molar-refractivity contribution >= 4 is 5.96 Å². The second kappa shape index (κ2) is 7.50. The average molecular weight is 242 g/mol. The summed E-state index contributed by atoms with van der Waals surface area (Å²) in [7, 11) is 1.69. The monoisotopic (exact) mass is 242 g/mol. The zero-order valence-electron chi connectivity index (χ0n) is 11.3. The molecule has 0 aromatic rings. The molecule has 0 aliphatic heterocycles. The highest BCUT2D eigenvalue weighted by Gasteiger charge is 2.25. The fourth-order valence-electron chi connectivity index (χ4n) is 1.86. The number of hydrazine groups is 1. The number of nitrogens with two attached hydrogens (primary N) is 1. The molecule has 0 radical (unpaired) electrons. The summed E-state index contributed by atoms with van der Waals surface area (Å²) in [5.41, 5.74) is 2.73. The van der Waals surface area contributed by atoms with Gasteiger partial charge in [-0.15, -0.1) is 0 Å². The van der Waals surface area contributed by atoms with Crippen LogP contribution in [0.5, 0.6) is 0 Å². The van der Waals surface area contributed by atoms with Gasteiger partial charge in [0.2, 0.25) is 5.96 Å². The molecule has 3 N–H and O–H groups in total. The summed E-state index contributed by atoms with van der Waals surface area (Å²) in [6, 6.07) is 0.129. The Kier molecular flexibility index (Phi) is 6.29. The summed E-state index contributed by atoms with van der Waals surface area (Å²) in [4.78, 5) is 6.82. The van der Waals surface area contributed by atoms with Crippen molar-refractivity contribution in [2.45, 2.75) is 39.2 Å². The van der Waals surface area contributed by atoms with Crippen LogP contribution >= 0.6 is 0 Å². The van der Waals surface area contributed by atoms with Gasteiger partial charge in [0.25, 0.3) is 0 Å². The van der Waals surface area contributed by atoms with E-state index >= 15 is 0 Å². The minimum atomic E-state index is 0.129. The molecule has 1 fully saturated rings. The Morgan fingerprint density at radius 3 is 2.76 bits per heavy atom. The lowest BCUT2D eigenvalue weighted by Crippen LogP contribution is -2.46. The number of hydrogen-bond acceptors (Lipinski definition) is 3. The molecule has 17 heavy (non-hydrogen) atoms. The van der Waals surface area contributed by atoms with E-state index in [1.54, 1.807) is 7.11 Å². The third kappa shape index (κ3) is 5.37. The molecule has 0 heterocycles. The number of hydrogen-bond donors (Lipinski definition) is 2. The Labute approximate surface area is 104 Å². The zero-order chi connectivity index (χ0) is 12.7. The molecule has 0 spiro atoms. The molecule has 5 heteroatoms. The van der Waals surface area contributed by atoms with Crippen molar-refractivity contribution in [3.8, 4) is 0 Å². The predicted molar refractivity (Wildman–Crippen MR) is 70.7 cm³/mol. The van der Waals surface area contributed by atoms with Crippen molar-refractivity contribution < 1.29 is 4.74 Å². The Morgan fingerprint density at radius 2 is 2.29 bits per heavy atom. The molecule has 0 saturated heterocycles. The summed E-state index contributed by atoms with van der Waals surface area (Å²) in [5, 5.41) is 0. The maximum Gasteiger partial charge on any atom is 0.208 e. The van der Waals surface area contributed by atoms with Crippen LogP contribution in [0.2, 0.25) is 0 Å². The van der Waals surface area contributed by atoms with E-state index < -0.39 is 0 Å². The molecule has 0 aromatic carbocycles. The molecule has 1 rings (SSSR count). The number of ether oxygens (including phenoxy) is 1. The summed E-state index contributed by atoms with van der Waals surface area (Å²) in [5.74, 6) is 7.21. The first-order chi connectivity index (χ1) is 8.21. The minimum Gasteiger partial charge on any atom is -0.382 e. The Morgan fingerprint density at radius 1 is 1.59 bits per heavy atom. The first-order valence-electron chi connectivity index (χ1n) is 6.49. The van der Waals surface area contributed by atoms with Gasteiger partial charge in [-0.1, -0.05) is 6.92 Å². The van der Waals surface area contributed by atoms with E-state index in [-0.39, 0.29) is 6.04 Å². The van der Waals surface area contributed by atoms with Gasteiger partial charge in [-0.3, -0.25) is 5.43 Å². The van der Waals surface area contributed by atoms with E-state index in [2.05, 4.69) is 22.2 Å². The standard InChI is InChI=1S/C12H26N4O/c1-4-7-16(8-11-5-6-11)12(15-13)14-10(2)9-17-3/h10-11H,4-9,13H2,1-3H3,(H,14,15). The average Bonchev–Trinajstić information content (AvgIpc) is 3.10. The molecule has 0 aromatic heterocycles. The molecule has 1 atom stereocenters. The second-order valence-electron chi connectivity index (χ2n) is 4.79. The maximum absolute atomic E-state index is 5.58. The first-order valence-corrected chi connectivity index (χ1v) is 6.49. The van der Waals surface area contributed by atoms with Gasteiger partial charge in [0.15, 0.2) is 0 Å². The normalized spacial score (nSPS) is 18.0. The highest BCUT2D eigenvalue weighted by Crippen LogP contribution is 2.29. The fraction of sp³-hybridized carbons (Fsp3) is 0.917. The van der Waals surface area contributed by atoms with Gasteiger partial charge in [-0.05, 0) is 32.1 Å². The van der Waals surface area contributed by atoms with Crippen LogP contribution in [0.1, 0.15) is 33.1 Å². The van der Waals surface area contributed by atoms with Gasteiger partial charge in [-0.2, -0.15) is 0 Å². The molecule has 1 unspecified atom stereocenters. The molecular formula is C12H26N4O.